The Bertz CT molecular complexity index is 544. The summed E-state index contributed by atoms with van der Waals surface area (Å²) in [5.74, 6) is -2.12. The molecule has 1 saturated heterocycles. The van der Waals surface area contributed by atoms with Crippen LogP contribution in [0.4, 0.5) is 0 Å². The van der Waals surface area contributed by atoms with Crippen LogP contribution in [0, 0.1) is 5.92 Å². The van der Waals surface area contributed by atoms with Crippen molar-refractivity contribution in [1.82, 2.24) is 0 Å². The van der Waals surface area contributed by atoms with Gasteiger partial charge >= 0.3 is 17.9 Å². The SMILES string of the molecule is CC(=O)OCC1O[C@H](SC(C)=O)C(OC(C)=O)C(C)C1(C)OC(C)=O. The summed E-state index contributed by atoms with van der Waals surface area (Å²) in [4.78, 5) is 45.7. The van der Waals surface area contributed by atoms with Crippen molar-refractivity contribution in [3.63, 3.8) is 0 Å². The Balaban J connectivity index is 3.20. The van der Waals surface area contributed by atoms with Gasteiger partial charge in [-0.05, 0) is 6.92 Å². The van der Waals surface area contributed by atoms with Gasteiger partial charge in [0.15, 0.2) is 5.12 Å². The van der Waals surface area contributed by atoms with Gasteiger partial charge in [0.1, 0.15) is 29.9 Å². The Morgan fingerprint density at radius 2 is 1.64 bits per heavy atom. The predicted octanol–water partition coefficient (Wildman–Crippen LogP) is 1.44. The maximum absolute atomic E-state index is 11.6. The molecule has 142 valence electrons. The van der Waals surface area contributed by atoms with Gasteiger partial charge in [-0.1, -0.05) is 18.7 Å². The highest BCUT2D eigenvalue weighted by molar-refractivity contribution is 8.14. The van der Waals surface area contributed by atoms with Gasteiger partial charge in [-0.3, -0.25) is 19.2 Å². The first-order valence-corrected chi connectivity index (χ1v) is 8.68. The minimum absolute atomic E-state index is 0.161. The Morgan fingerprint density at radius 1 is 1.04 bits per heavy atom. The topological polar surface area (TPSA) is 105 Å². The fourth-order valence-electron chi connectivity index (χ4n) is 2.70. The average Bonchev–Trinajstić information content (AvgIpc) is 2.44. The molecule has 4 unspecified atom stereocenters. The minimum atomic E-state index is -1.21. The average molecular weight is 376 g/mol. The van der Waals surface area contributed by atoms with Gasteiger partial charge < -0.3 is 18.9 Å². The smallest absolute Gasteiger partial charge is 0.303 e. The lowest BCUT2D eigenvalue weighted by Gasteiger charge is -2.50. The zero-order valence-electron chi connectivity index (χ0n) is 15.2. The van der Waals surface area contributed by atoms with Gasteiger partial charge in [0.05, 0.1) is 0 Å². The molecule has 5 atom stereocenters. The van der Waals surface area contributed by atoms with Crippen molar-refractivity contribution in [2.75, 3.05) is 6.61 Å². The lowest BCUT2D eigenvalue weighted by Crippen LogP contribution is -2.63. The summed E-state index contributed by atoms with van der Waals surface area (Å²) >= 11 is 0.868. The molecular formula is C16H24O8S. The third-order valence-electron chi connectivity index (χ3n) is 3.99. The van der Waals surface area contributed by atoms with Crippen molar-refractivity contribution in [3.05, 3.63) is 0 Å². The minimum Gasteiger partial charge on any atom is -0.463 e. The zero-order valence-corrected chi connectivity index (χ0v) is 16.0. The standard InChI is InChI=1S/C16H24O8S/c1-8-14(22-10(3)18)15(25-12(5)20)23-13(7-21-9(2)17)16(8,6)24-11(4)19/h8,13-15H,7H2,1-6H3/t8?,13?,14?,15-,16?/m1/s1. The van der Waals surface area contributed by atoms with Gasteiger partial charge in [-0.2, -0.15) is 0 Å². The normalized spacial score (nSPS) is 31.8. The maximum atomic E-state index is 11.6. The first-order valence-electron chi connectivity index (χ1n) is 7.80. The van der Waals surface area contributed by atoms with E-state index in [-0.39, 0.29) is 11.7 Å². The molecule has 0 bridgehead atoms. The number of ether oxygens (including phenoxy) is 4. The van der Waals surface area contributed by atoms with E-state index in [4.69, 9.17) is 18.9 Å². The molecular weight excluding hydrogens is 352 g/mol. The van der Waals surface area contributed by atoms with Crippen LogP contribution in [0.15, 0.2) is 0 Å². The van der Waals surface area contributed by atoms with Crippen molar-refractivity contribution in [2.24, 2.45) is 5.92 Å². The molecule has 0 amide bonds. The molecule has 0 aliphatic carbocycles. The van der Waals surface area contributed by atoms with E-state index in [9.17, 15) is 19.2 Å². The maximum Gasteiger partial charge on any atom is 0.303 e. The summed E-state index contributed by atoms with van der Waals surface area (Å²) in [6, 6.07) is 0. The Morgan fingerprint density at radius 3 is 2.08 bits per heavy atom. The Labute approximate surface area is 150 Å². The number of hydrogen-bond donors (Lipinski definition) is 0. The Hall–Kier alpha value is -1.61. The van der Waals surface area contributed by atoms with Crippen LogP contribution in [0.25, 0.3) is 0 Å². The van der Waals surface area contributed by atoms with Gasteiger partial charge in [0.2, 0.25) is 0 Å². The predicted molar refractivity (Wildman–Crippen MR) is 88.5 cm³/mol. The molecule has 0 aromatic rings. The number of carbonyl (C=O) groups is 4. The summed E-state index contributed by atoms with van der Waals surface area (Å²) in [5.41, 5.74) is -2.02. The second-order valence-electron chi connectivity index (χ2n) is 6.05. The highest BCUT2D eigenvalue weighted by Gasteiger charge is 2.56. The molecule has 0 aromatic carbocycles. The van der Waals surface area contributed by atoms with E-state index in [1.54, 1.807) is 13.8 Å². The van der Waals surface area contributed by atoms with E-state index < -0.39 is 47.1 Å². The van der Waals surface area contributed by atoms with E-state index in [1.165, 1.54) is 27.7 Å². The van der Waals surface area contributed by atoms with Crippen LogP contribution < -0.4 is 0 Å². The first-order chi connectivity index (χ1) is 11.5. The molecule has 1 rings (SSSR count). The molecule has 8 nitrogen and oxygen atoms in total. The first kappa shape index (κ1) is 21.4. The molecule has 0 N–H and O–H groups in total. The van der Waals surface area contributed by atoms with Crippen molar-refractivity contribution < 1.29 is 38.1 Å². The summed E-state index contributed by atoms with van der Waals surface area (Å²) < 4.78 is 21.7. The molecule has 1 aliphatic heterocycles. The van der Waals surface area contributed by atoms with Crippen LogP contribution in [0.2, 0.25) is 0 Å². The number of carbonyl (C=O) groups excluding carboxylic acids is 4. The van der Waals surface area contributed by atoms with E-state index in [0.717, 1.165) is 11.8 Å². The van der Waals surface area contributed by atoms with E-state index in [2.05, 4.69) is 0 Å². The largest absolute Gasteiger partial charge is 0.463 e. The highest BCUT2D eigenvalue weighted by Crippen LogP contribution is 2.42. The molecule has 1 heterocycles. The molecule has 0 spiro atoms. The van der Waals surface area contributed by atoms with Gasteiger partial charge in [-0.15, -0.1) is 0 Å². The van der Waals surface area contributed by atoms with Crippen molar-refractivity contribution >= 4 is 34.8 Å². The molecule has 1 aliphatic rings. The van der Waals surface area contributed by atoms with Crippen LogP contribution in [0.3, 0.4) is 0 Å². The second kappa shape index (κ2) is 8.66. The number of rotatable bonds is 5. The lowest BCUT2D eigenvalue weighted by atomic mass is 9.79. The van der Waals surface area contributed by atoms with Crippen LogP contribution >= 0.6 is 11.8 Å². The van der Waals surface area contributed by atoms with Crippen molar-refractivity contribution in [3.8, 4) is 0 Å². The highest BCUT2D eigenvalue weighted by atomic mass is 32.2. The molecule has 1 fully saturated rings. The van der Waals surface area contributed by atoms with Crippen LogP contribution in [0.1, 0.15) is 41.5 Å². The zero-order chi connectivity index (χ0) is 19.4. The van der Waals surface area contributed by atoms with E-state index in [1.807, 2.05) is 0 Å². The fraction of sp³-hybridized carbons (Fsp3) is 0.750. The second-order valence-corrected chi connectivity index (χ2v) is 7.32. The van der Waals surface area contributed by atoms with Gasteiger partial charge in [0, 0.05) is 33.6 Å². The monoisotopic (exact) mass is 376 g/mol. The molecule has 0 saturated carbocycles. The van der Waals surface area contributed by atoms with Gasteiger partial charge in [0.25, 0.3) is 0 Å². The van der Waals surface area contributed by atoms with Crippen LogP contribution in [-0.2, 0) is 38.1 Å². The summed E-state index contributed by atoms with van der Waals surface area (Å²) in [5, 5.41) is -0.225. The number of hydrogen-bond acceptors (Lipinski definition) is 9. The quantitative estimate of drug-likeness (QED) is 0.520. The summed E-state index contributed by atoms with van der Waals surface area (Å²) in [6.45, 7) is 8.30. The molecule has 9 heteroatoms. The molecule has 0 aromatic heterocycles. The molecule has 0 radical (unpaired) electrons. The van der Waals surface area contributed by atoms with E-state index in [0.29, 0.717) is 0 Å². The summed E-state index contributed by atoms with van der Waals surface area (Å²) in [7, 11) is 0. The Kier molecular flexibility index (Phi) is 7.43. The number of thioether (sulfide) groups is 1. The fourth-order valence-corrected chi connectivity index (χ4v) is 3.65. The van der Waals surface area contributed by atoms with Crippen LogP contribution in [0.5, 0.6) is 0 Å². The van der Waals surface area contributed by atoms with Crippen LogP contribution in [-0.4, -0.2) is 52.9 Å². The van der Waals surface area contributed by atoms with Crippen molar-refractivity contribution in [2.45, 2.75) is 64.8 Å². The van der Waals surface area contributed by atoms with E-state index >= 15 is 0 Å². The molecule has 25 heavy (non-hydrogen) atoms. The van der Waals surface area contributed by atoms with Gasteiger partial charge in [-0.25, -0.2) is 0 Å². The summed E-state index contributed by atoms with van der Waals surface area (Å²) in [6.07, 6.45) is -1.64. The third kappa shape index (κ3) is 5.71. The number of esters is 3. The third-order valence-corrected chi connectivity index (χ3v) is 4.93. The lowest BCUT2D eigenvalue weighted by molar-refractivity contribution is -0.245. The van der Waals surface area contributed by atoms with Crippen molar-refractivity contribution in [1.29, 1.82) is 0 Å².